The van der Waals surface area contributed by atoms with Crippen LogP contribution in [0.3, 0.4) is 0 Å². The van der Waals surface area contributed by atoms with Gasteiger partial charge in [-0.05, 0) is 39.0 Å². The zero-order valence-corrected chi connectivity index (χ0v) is 13.2. The first-order chi connectivity index (χ1) is 9.45. The molecule has 0 spiro atoms. The number of carboxylic acid groups (broad SMARTS) is 1. The van der Waals surface area contributed by atoms with E-state index in [0.29, 0.717) is 11.7 Å². The molecule has 0 aromatic carbocycles. The van der Waals surface area contributed by atoms with Gasteiger partial charge in [0.05, 0.1) is 5.37 Å². The van der Waals surface area contributed by atoms with E-state index in [1.807, 2.05) is 25.7 Å². The zero-order valence-electron chi connectivity index (χ0n) is 12.4. The van der Waals surface area contributed by atoms with Gasteiger partial charge in [-0.15, -0.1) is 11.8 Å². The summed E-state index contributed by atoms with van der Waals surface area (Å²) in [4.78, 5) is 27.6. The molecule has 0 aromatic heterocycles. The van der Waals surface area contributed by atoms with E-state index in [1.165, 1.54) is 12.8 Å². The van der Waals surface area contributed by atoms with Crippen molar-refractivity contribution in [2.75, 3.05) is 12.3 Å². The molecule has 2 fully saturated rings. The van der Waals surface area contributed by atoms with E-state index < -0.39 is 12.0 Å². The van der Waals surface area contributed by atoms with Crippen LogP contribution in [0.15, 0.2) is 0 Å². The van der Waals surface area contributed by atoms with Crippen molar-refractivity contribution >= 4 is 23.8 Å². The molecule has 2 rings (SSSR count). The minimum atomic E-state index is -0.892. The lowest BCUT2D eigenvalue weighted by atomic mass is 10.2. The van der Waals surface area contributed by atoms with E-state index in [2.05, 4.69) is 0 Å². The van der Waals surface area contributed by atoms with Crippen molar-refractivity contribution in [3.05, 3.63) is 0 Å². The van der Waals surface area contributed by atoms with E-state index in [4.69, 9.17) is 0 Å². The fourth-order valence-corrected chi connectivity index (χ4v) is 3.90. The Kier molecular flexibility index (Phi) is 4.83. The third kappa shape index (κ3) is 3.22. The van der Waals surface area contributed by atoms with Gasteiger partial charge in [0, 0.05) is 18.3 Å². The molecule has 114 valence electrons. The number of hydrogen-bond donors (Lipinski definition) is 1. The fraction of sp³-hybridized carbons (Fsp3) is 0.857. The van der Waals surface area contributed by atoms with Crippen LogP contribution in [0.5, 0.6) is 0 Å². The number of carbonyl (C=O) groups excluding carboxylic acids is 1. The molecule has 0 radical (unpaired) electrons. The van der Waals surface area contributed by atoms with E-state index in [-0.39, 0.29) is 17.4 Å². The summed E-state index contributed by atoms with van der Waals surface area (Å²) >= 11 is 1.58. The summed E-state index contributed by atoms with van der Waals surface area (Å²) in [5.74, 6) is 0.214. The van der Waals surface area contributed by atoms with Gasteiger partial charge in [0.15, 0.2) is 0 Å². The Hall–Kier alpha value is -0.910. The molecule has 2 unspecified atom stereocenters. The highest BCUT2D eigenvalue weighted by Gasteiger charge is 2.43. The summed E-state index contributed by atoms with van der Waals surface area (Å²) in [5, 5.41) is 9.32. The highest BCUT2D eigenvalue weighted by atomic mass is 32.2. The Morgan fingerprint density at radius 1 is 1.40 bits per heavy atom. The largest absolute Gasteiger partial charge is 0.480 e. The number of carbonyl (C=O) groups is 2. The summed E-state index contributed by atoms with van der Waals surface area (Å²) in [7, 11) is 0. The Labute approximate surface area is 124 Å². The Balaban J connectivity index is 2.15. The number of carboxylic acids is 1. The molecule has 6 heteroatoms. The molecule has 2 aliphatic rings. The van der Waals surface area contributed by atoms with Crippen LogP contribution in [0.25, 0.3) is 0 Å². The molecular weight excluding hydrogens is 276 g/mol. The molecule has 1 saturated carbocycles. The van der Waals surface area contributed by atoms with E-state index in [1.54, 1.807) is 16.7 Å². The maximum absolute atomic E-state index is 12.8. The molecule has 1 heterocycles. The van der Waals surface area contributed by atoms with Gasteiger partial charge in [-0.25, -0.2) is 9.59 Å². The van der Waals surface area contributed by atoms with Crippen LogP contribution in [0, 0.1) is 5.92 Å². The normalized spacial score (nSPS) is 26.1. The highest BCUT2D eigenvalue weighted by molar-refractivity contribution is 8.00. The lowest BCUT2D eigenvalue weighted by Crippen LogP contribution is -2.53. The summed E-state index contributed by atoms with van der Waals surface area (Å²) in [6.07, 6.45) is 3.16. The average molecular weight is 300 g/mol. The number of amides is 2. The van der Waals surface area contributed by atoms with E-state index >= 15 is 0 Å². The smallest absolute Gasteiger partial charge is 0.327 e. The minimum Gasteiger partial charge on any atom is -0.480 e. The maximum Gasteiger partial charge on any atom is 0.327 e. The Morgan fingerprint density at radius 2 is 2.05 bits per heavy atom. The molecule has 5 nitrogen and oxygen atoms in total. The van der Waals surface area contributed by atoms with Gasteiger partial charge in [0.25, 0.3) is 0 Å². The van der Waals surface area contributed by atoms with Gasteiger partial charge in [0.1, 0.15) is 6.04 Å². The number of rotatable bonds is 5. The predicted molar refractivity (Wildman–Crippen MR) is 79.8 cm³/mol. The summed E-state index contributed by atoms with van der Waals surface area (Å²) in [6, 6.07) is -0.672. The average Bonchev–Trinajstić information content (AvgIpc) is 3.10. The summed E-state index contributed by atoms with van der Waals surface area (Å²) < 4.78 is 0. The first kappa shape index (κ1) is 15.5. The lowest BCUT2D eigenvalue weighted by molar-refractivity contribution is -0.141. The van der Waals surface area contributed by atoms with Crippen LogP contribution in [-0.2, 0) is 4.79 Å². The van der Waals surface area contributed by atoms with Gasteiger partial charge in [-0.1, -0.05) is 6.92 Å². The first-order valence-corrected chi connectivity index (χ1v) is 8.43. The summed E-state index contributed by atoms with van der Waals surface area (Å²) in [5.41, 5.74) is 0. The number of aliphatic carboxylic acids is 1. The van der Waals surface area contributed by atoms with Gasteiger partial charge < -0.3 is 10.0 Å². The first-order valence-electron chi connectivity index (χ1n) is 7.39. The second-order valence-corrected chi connectivity index (χ2v) is 7.14. The van der Waals surface area contributed by atoms with Crippen molar-refractivity contribution in [2.24, 2.45) is 5.92 Å². The highest BCUT2D eigenvalue weighted by Crippen LogP contribution is 2.35. The Morgan fingerprint density at radius 3 is 2.50 bits per heavy atom. The second-order valence-electron chi connectivity index (χ2n) is 5.93. The number of nitrogens with zero attached hydrogens (tertiary/aromatic N) is 2. The third-order valence-corrected chi connectivity index (χ3v) is 5.42. The molecule has 0 bridgehead atoms. The van der Waals surface area contributed by atoms with Crippen molar-refractivity contribution < 1.29 is 14.7 Å². The predicted octanol–water partition coefficient (Wildman–Crippen LogP) is 2.46. The monoisotopic (exact) mass is 300 g/mol. The molecule has 1 N–H and O–H groups in total. The zero-order chi connectivity index (χ0) is 14.9. The number of urea groups is 1. The van der Waals surface area contributed by atoms with Gasteiger partial charge >= 0.3 is 12.0 Å². The van der Waals surface area contributed by atoms with Crippen molar-refractivity contribution in [1.29, 1.82) is 0 Å². The van der Waals surface area contributed by atoms with E-state index in [0.717, 1.165) is 13.0 Å². The van der Waals surface area contributed by atoms with Crippen molar-refractivity contribution in [3.63, 3.8) is 0 Å². The molecule has 0 aromatic rings. The maximum atomic E-state index is 12.8. The molecule has 1 saturated heterocycles. The van der Waals surface area contributed by atoms with Crippen LogP contribution in [-0.4, -0.2) is 56.7 Å². The molecule has 2 atom stereocenters. The van der Waals surface area contributed by atoms with Crippen LogP contribution < -0.4 is 0 Å². The molecule has 2 amide bonds. The lowest BCUT2D eigenvalue weighted by Gasteiger charge is -2.35. The second kappa shape index (κ2) is 6.24. The molecule has 1 aliphatic carbocycles. The van der Waals surface area contributed by atoms with Gasteiger partial charge in [0.2, 0.25) is 0 Å². The van der Waals surface area contributed by atoms with Crippen LogP contribution in [0.4, 0.5) is 4.79 Å². The van der Waals surface area contributed by atoms with Crippen molar-refractivity contribution in [3.8, 4) is 0 Å². The van der Waals surface area contributed by atoms with Crippen molar-refractivity contribution in [1.82, 2.24) is 9.80 Å². The fourth-order valence-electron chi connectivity index (χ4n) is 2.56. The SMILES string of the molecule is CCC1SCC(C(=O)O)N1C(=O)N(CC1CC1)C(C)C. The minimum absolute atomic E-state index is 0.0101. The van der Waals surface area contributed by atoms with Crippen molar-refractivity contribution in [2.45, 2.75) is 57.5 Å². The molecular formula is C14H24N2O3S. The van der Waals surface area contributed by atoms with Crippen LogP contribution in [0.2, 0.25) is 0 Å². The molecule has 1 aliphatic heterocycles. The quantitative estimate of drug-likeness (QED) is 0.847. The third-order valence-electron chi connectivity index (χ3n) is 3.97. The van der Waals surface area contributed by atoms with Crippen LogP contribution >= 0.6 is 11.8 Å². The van der Waals surface area contributed by atoms with Gasteiger partial charge in [-0.3, -0.25) is 4.90 Å². The topological polar surface area (TPSA) is 60.9 Å². The van der Waals surface area contributed by atoms with Crippen LogP contribution in [0.1, 0.15) is 40.0 Å². The summed E-state index contributed by atoms with van der Waals surface area (Å²) in [6.45, 7) is 6.77. The standard InChI is InChI=1S/C14H24N2O3S/c1-4-12-16(11(8-20-12)13(17)18)14(19)15(9(2)3)7-10-5-6-10/h9-12H,4-8H2,1-3H3,(H,17,18). The Bertz CT molecular complexity index is 385. The number of thioether (sulfide) groups is 1. The van der Waals surface area contributed by atoms with E-state index in [9.17, 15) is 14.7 Å². The molecule has 20 heavy (non-hydrogen) atoms. The van der Waals surface area contributed by atoms with Gasteiger partial charge in [-0.2, -0.15) is 0 Å². The number of hydrogen-bond acceptors (Lipinski definition) is 3.